The number of hydrogen-bond acceptors (Lipinski definition) is 3. The van der Waals surface area contributed by atoms with Crippen LogP contribution >= 0.6 is 12.4 Å². The van der Waals surface area contributed by atoms with Gasteiger partial charge in [-0.05, 0) is 62.9 Å². The highest BCUT2D eigenvalue weighted by Crippen LogP contribution is 2.17. The molecule has 0 aromatic heterocycles. The van der Waals surface area contributed by atoms with Crippen LogP contribution in [-0.2, 0) is 4.79 Å². The molecule has 0 saturated carbocycles. The van der Waals surface area contributed by atoms with Crippen LogP contribution in [0, 0.1) is 19.8 Å². The summed E-state index contributed by atoms with van der Waals surface area (Å²) in [6, 6.07) is 6.11. The van der Waals surface area contributed by atoms with E-state index in [1.54, 1.807) is 0 Å². The summed E-state index contributed by atoms with van der Waals surface area (Å²) in [5.41, 5.74) is 8.91. The summed E-state index contributed by atoms with van der Waals surface area (Å²) < 4.78 is 0. The Morgan fingerprint density at radius 1 is 1.43 bits per heavy atom. The quantitative estimate of drug-likeness (QED) is 0.897. The average molecular weight is 312 g/mol. The summed E-state index contributed by atoms with van der Waals surface area (Å²) in [6.07, 6.45) is 2.32. The van der Waals surface area contributed by atoms with Gasteiger partial charge in [0.1, 0.15) is 0 Å². The molecule has 5 heteroatoms. The van der Waals surface area contributed by atoms with Gasteiger partial charge in [0.05, 0.1) is 6.54 Å². The molecule has 0 bridgehead atoms. The van der Waals surface area contributed by atoms with Gasteiger partial charge < -0.3 is 11.1 Å². The maximum absolute atomic E-state index is 12.2. The Balaban J connectivity index is 0.00000220. The van der Waals surface area contributed by atoms with Crippen molar-refractivity contribution in [1.29, 1.82) is 0 Å². The van der Waals surface area contributed by atoms with Crippen LogP contribution in [0.5, 0.6) is 0 Å². The van der Waals surface area contributed by atoms with Crippen LogP contribution in [0.3, 0.4) is 0 Å². The first kappa shape index (κ1) is 18.0. The summed E-state index contributed by atoms with van der Waals surface area (Å²) >= 11 is 0. The van der Waals surface area contributed by atoms with E-state index < -0.39 is 0 Å². The standard InChI is InChI=1S/C16H25N3O.ClH/c1-12-5-6-13(2)15(8-12)18-16(20)11-19-7-3-4-14(9-17)10-19;/h5-6,8,14H,3-4,7,9-11,17H2,1-2H3,(H,18,20);1H. The Kier molecular flexibility index (Phi) is 7.15. The number of benzene rings is 1. The molecule has 0 spiro atoms. The third-order valence-electron chi connectivity index (χ3n) is 3.97. The van der Waals surface area contributed by atoms with Crippen molar-refractivity contribution < 1.29 is 4.79 Å². The van der Waals surface area contributed by atoms with E-state index in [1.807, 2.05) is 26.0 Å². The van der Waals surface area contributed by atoms with Crippen molar-refractivity contribution in [2.24, 2.45) is 11.7 Å². The highest BCUT2D eigenvalue weighted by molar-refractivity contribution is 5.93. The Morgan fingerprint density at radius 2 is 2.19 bits per heavy atom. The summed E-state index contributed by atoms with van der Waals surface area (Å²) in [7, 11) is 0. The Labute approximate surface area is 133 Å². The predicted molar refractivity (Wildman–Crippen MR) is 90.0 cm³/mol. The van der Waals surface area contributed by atoms with Crippen molar-refractivity contribution in [2.75, 3.05) is 31.5 Å². The van der Waals surface area contributed by atoms with Gasteiger partial charge in [0, 0.05) is 12.2 Å². The number of nitrogens with zero attached hydrogens (tertiary/aromatic N) is 1. The minimum Gasteiger partial charge on any atom is -0.330 e. The first-order chi connectivity index (χ1) is 9.58. The van der Waals surface area contributed by atoms with Crippen LogP contribution < -0.4 is 11.1 Å². The van der Waals surface area contributed by atoms with Crippen LogP contribution in [0.2, 0.25) is 0 Å². The lowest BCUT2D eigenvalue weighted by molar-refractivity contribution is -0.117. The number of carbonyl (C=O) groups excluding carboxylic acids is 1. The maximum Gasteiger partial charge on any atom is 0.238 e. The lowest BCUT2D eigenvalue weighted by Gasteiger charge is -2.31. The molecule has 21 heavy (non-hydrogen) atoms. The van der Waals surface area contributed by atoms with Crippen LogP contribution in [0.4, 0.5) is 5.69 Å². The number of anilines is 1. The molecule has 4 nitrogen and oxygen atoms in total. The van der Waals surface area contributed by atoms with Crippen molar-refractivity contribution in [3.63, 3.8) is 0 Å². The van der Waals surface area contributed by atoms with Crippen LogP contribution in [0.25, 0.3) is 0 Å². The third kappa shape index (κ3) is 5.30. The van der Waals surface area contributed by atoms with Gasteiger partial charge in [0.2, 0.25) is 5.91 Å². The van der Waals surface area contributed by atoms with Gasteiger partial charge in [-0.3, -0.25) is 9.69 Å². The first-order valence-corrected chi connectivity index (χ1v) is 7.38. The van der Waals surface area contributed by atoms with Gasteiger partial charge >= 0.3 is 0 Å². The van der Waals surface area contributed by atoms with Crippen LogP contribution in [0.15, 0.2) is 18.2 Å². The number of aryl methyl sites for hydroxylation is 2. The second-order valence-corrected chi connectivity index (χ2v) is 5.85. The zero-order valence-corrected chi connectivity index (χ0v) is 13.7. The monoisotopic (exact) mass is 311 g/mol. The van der Waals surface area contributed by atoms with Crippen molar-refractivity contribution in [3.05, 3.63) is 29.3 Å². The highest BCUT2D eigenvalue weighted by atomic mass is 35.5. The fourth-order valence-electron chi connectivity index (χ4n) is 2.75. The molecular weight excluding hydrogens is 286 g/mol. The summed E-state index contributed by atoms with van der Waals surface area (Å²) in [4.78, 5) is 14.4. The van der Waals surface area contributed by atoms with Crippen molar-refractivity contribution in [1.82, 2.24) is 4.90 Å². The van der Waals surface area contributed by atoms with Crippen molar-refractivity contribution >= 4 is 24.0 Å². The van der Waals surface area contributed by atoms with Crippen molar-refractivity contribution in [2.45, 2.75) is 26.7 Å². The minimum atomic E-state index is 0. The molecule has 1 atom stereocenters. The van der Waals surface area contributed by atoms with E-state index in [0.717, 1.165) is 42.9 Å². The number of likely N-dealkylation sites (tertiary alicyclic amines) is 1. The number of piperidine rings is 1. The summed E-state index contributed by atoms with van der Waals surface area (Å²) in [5.74, 6) is 0.605. The van der Waals surface area contributed by atoms with Crippen molar-refractivity contribution in [3.8, 4) is 0 Å². The maximum atomic E-state index is 12.2. The molecule has 2 rings (SSSR count). The number of rotatable bonds is 4. The summed E-state index contributed by atoms with van der Waals surface area (Å²) in [6.45, 7) is 7.17. The number of halogens is 1. The molecule has 1 aromatic rings. The van der Waals surface area contributed by atoms with E-state index in [-0.39, 0.29) is 18.3 Å². The Bertz CT molecular complexity index is 479. The van der Waals surface area contributed by atoms with Gasteiger partial charge in [-0.15, -0.1) is 12.4 Å². The molecule has 1 saturated heterocycles. The van der Waals surface area contributed by atoms with E-state index >= 15 is 0 Å². The van der Waals surface area contributed by atoms with E-state index in [0.29, 0.717) is 12.5 Å². The highest BCUT2D eigenvalue weighted by Gasteiger charge is 2.20. The van der Waals surface area contributed by atoms with Gasteiger partial charge in [0.15, 0.2) is 0 Å². The lowest BCUT2D eigenvalue weighted by atomic mass is 9.98. The second-order valence-electron chi connectivity index (χ2n) is 5.85. The Hall–Kier alpha value is -1.10. The fourth-order valence-corrected chi connectivity index (χ4v) is 2.75. The summed E-state index contributed by atoms with van der Waals surface area (Å²) in [5, 5.41) is 3.02. The fraction of sp³-hybridized carbons (Fsp3) is 0.562. The number of hydrogen-bond donors (Lipinski definition) is 2. The molecule has 1 aliphatic heterocycles. The van der Waals surface area contributed by atoms with Gasteiger partial charge in [-0.25, -0.2) is 0 Å². The molecule has 1 fully saturated rings. The molecule has 1 aliphatic rings. The average Bonchev–Trinajstić information content (AvgIpc) is 2.43. The molecule has 1 aromatic carbocycles. The van der Waals surface area contributed by atoms with Gasteiger partial charge in [0.25, 0.3) is 0 Å². The molecule has 0 aliphatic carbocycles. The zero-order chi connectivity index (χ0) is 14.5. The van der Waals surface area contributed by atoms with Gasteiger partial charge in [-0.2, -0.15) is 0 Å². The molecule has 1 unspecified atom stereocenters. The molecule has 1 heterocycles. The van der Waals surface area contributed by atoms with E-state index in [9.17, 15) is 4.79 Å². The first-order valence-electron chi connectivity index (χ1n) is 7.38. The SMILES string of the molecule is Cc1ccc(C)c(NC(=O)CN2CCCC(CN)C2)c1.Cl. The Morgan fingerprint density at radius 3 is 2.90 bits per heavy atom. The third-order valence-corrected chi connectivity index (χ3v) is 3.97. The number of carbonyl (C=O) groups is 1. The van der Waals surface area contributed by atoms with Gasteiger partial charge in [-0.1, -0.05) is 12.1 Å². The van der Waals surface area contributed by atoms with Crippen LogP contribution in [-0.4, -0.2) is 37.0 Å². The number of amides is 1. The normalized spacial score (nSPS) is 18.9. The largest absolute Gasteiger partial charge is 0.330 e. The topological polar surface area (TPSA) is 58.4 Å². The van der Waals surface area contributed by atoms with E-state index in [4.69, 9.17) is 5.73 Å². The lowest BCUT2D eigenvalue weighted by Crippen LogP contribution is -2.42. The van der Waals surface area contributed by atoms with E-state index in [1.165, 1.54) is 6.42 Å². The smallest absolute Gasteiger partial charge is 0.238 e. The zero-order valence-electron chi connectivity index (χ0n) is 12.9. The molecular formula is C16H26ClN3O. The number of nitrogens with one attached hydrogen (secondary N) is 1. The van der Waals surface area contributed by atoms with Crippen LogP contribution in [0.1, 0.15) is 24.0 Å². The number of nitrogens with two attached hydrogens (primary N) is 1. The second kappa shape index (κ2) is 8.37. The molecule has 118 valence electrons. The molecule has 0 radical (unpaired) electrons. The molecule has 3 N–H and O–H groups in total. The van der Waals surface area contributed by atoms with E-state index in [2.05, 4.69) is 16.3 Å². The predicted octanol–water partition coefficient (Wildman–Crippen LogP) is 2.33. The minimum absolute atomic E-state index is 0. The molecule has 1 amide bonds.